The van der Waals surface area contributed by atoms with E-state index in [0.29, 0.717) is 6.07 Å². The van der Waals surface area contributed by atoms with E-state index in [2.05, 4.69) is 4.72 Å². The van der Waals surface area contributed by atoms with Crippen LogP contribution in [0.4, 0.5) is 17.6 Å². The van der Waals surface area contributed by atoms with Crippen molar-refractivity contribution in [1.29, 1.82) is 0 Å². The number of rotatable bonds is 4. The van der Waals surface area contributed by atoms with Gasteiger partial charge in [0.15, 0.2) is 0 Å². The summed E-state index contributed by atoms with van der Waals surface area (Å²) in [5.74, 6) is -1.53. The summed E-state index contributed by atoms with van der Waals surface area (Å²) in [7, 11) is -4.17. The zero-order valence-corrected chi connectivity index (χ0v) is 10.6. The fraction of sp³-hybridized carbons (Fsp3) is 0.400. The molecule has 0 aliphatic heterocycles. The molecule has 0 aliphatic carbocycles. The van der Waals surface area contributed by atoms with E-state index in [-0.39, 0.29) is 12.6 Å². The smallest absolute Gasteiger partial charge is 0.329 e. The van der Waals surface area contributed by atoms with E-state index >= 15 is 0 Å². The lowest BCUT2D eigenvalue weighted by Crippen LogP contribution is -2.37. The third-order valence-corrected chi connectivity index (χ3v) is 3.85. The van der Waals surface area contributed by atoms with Gasteiger partial charge < -0.3 is 5.73 Å². The highest BCUT2D eigenvalue weighted by Gasteiger charge is 2.35. The van der Waals surface area contributed by atoms with Crippen LogP contribution in [0.3, 0.4) is 0 Å². The molecule has 0 aliphatic rings. The molecular formula is C10H12F4N2O2S. The van der Waals surface area contributed by atoms with Crippen LogP contribution in [-0.2, 0) is 16.2 Å². The van der Waals surface area contributed by atoms with Gasteiger partial charge in [0, 0.05) is 12.6 Å². The number of halogens is 4. The summed E-state index contributed by atoms with van der Waals surface area (Å²) in [5.41, 5.74) is 3.58. The number of nitrogens with one attached hydrogen (secondary N) is 1. The van der Waals surface area contributed by atoms with Crippen molar-refractivity contribution >= 4 is 10.0 Å². The molecule has 0 saturated heterocycles. The normalized spacial score (nSPS) is 14.4. The molecule has 0 radical (unpaired) electrons. The van der Waals surface area contributed by atoms with Crippen molar-refractivity contribution in [2.24, 2.45) is 5.73 Å². The van der Waals surface area contributed by atoms with Gasteiger partial charge in [0.05, 0.1) is 10.5 Å². The molecule has 0 spiro atoms. The Kier molecular flexibility index (Phi) is 4.54. The Labute approximate surface area is 107 Å². The number of hydrogen-bond donors (Lipinski definition) is 2. The Balaban J connectivity index is 3.23. The molecule has 108 valence electrons. The molecule has 0 heterocycles. The zero-order chi connectivity index (χ0) is 14.8. The molecule has 0 saturated carbocycles. The third kappa shape index (κ3) is 3.88. The van der Waals surface area contributed by atoms with Gasteiger partial charge in [-0.25, -0.2) is 17.5 Å². The molecule has 1 aromatic carbocycles. The predicted octanol–water partition coefficient (Wildman–Crippen LogP) is 1.47. The van der Waals surface area contributed by atoms with Crippen LogP contribution in [-0.4, -0.2) is 21.0 Å². The molecule has 19 heavy (non-hydrogen) atoms. The highest BCUT2D eigenvalue weighted by atomic mass is 32.2. The minimum absolute atomic E-state index is 0.0213. The minimum Gasteiger partial charge on any atom is -0.329 e. The summed E-state index contributed by atoms with van der Waals surface area (Å²) >= 11 is 0. The highest BCUT2D eigenvalue weighted by molar-refractivity contribution is 7.89. The molecule has 1 rings (SSSR count). The van der Waals surface area contributed by atoms with Crippen LogP contribution in [0.2, 0.25) is 0 Å². The largest absolute Gasteiger partial charge is 0.419 e. The maximum atomic E-state index is 13.0. The number of benzene rings is 1. The van der Waals surface area contributed by atoms with Crippen LogP contribution in [0.25, 0.3) is 0 Å². The van der Waals surface area contributed by atoms with E-state index in [1.807, 2.05) is 0 Å². The summed E-state index contributed by atoms with van der Waals surface area (Å²) in [4.78, 5) is -0.665. The number of nitrogens with two attached hydrogens (primary N) is 1. The quantitative estimate of drug-likeness (QED) is 0.827. The Bertz CT molecular complexity index is 557. The van der Waals surface area contributed by atoms with Crippen LogP contribution < -0.4 is 10.5 Å². The molecular weight excluding hydrogens is 288 g/mol. The van der Waals surface area contributed by atoms with Gasteiger partial charge in [-0.3, -0.25) is 0 Å². The van der Waals surface area contributed by atoms with Crippen LogP contribution >= 0.6 is 0 Å². The molecule has 0 unspecified atom stereocenters. The summed E-state index contributed by atoms with van der Waals surface area (Å²) in [6.07, 6.45) is -4.96. The van der Waals surface area contributed by atoms with Crippen molar-refractivity contribution in [3.05, 3.63) is 29.6 Å². The van der Waals surface area contributed by atoms with Crippen molar-refractivity contribution in [1.82, 2.24) is 4.72 Å². The molecule has 0 fully saturated rings. The van der Waals surface area contributed by atoms with Crippen LogP contribution in [0.1, 0.15) is 12.5 Å². The fourth-order valence-corrected chi connectivity index (χ4v) is 2.55. The molecule has 9 heteroatoms. The van der Waals surface area contributed by atoms with Gasteiger partial charge >= 0.3 is 6.18 Å². The molecule has 0 bridgehead atoms. The van der Waals surface area contributed by atoms with E-state index < -0.39 is 38.5 Å². The van der Waals surface area contributed by atoms with E-state index in [9.17, 15) is 26.0 Å². The van der Waals surface area contributed by atoms with Crippen molar-refractivity contribution in [3.63, 3.8) is 0 Å². The van der Waals surface area contributed by atoms with E-state index in [1.54, 1.807) is 0 Å². The van der Waals surface area contributed by atoms with Gasteiger partial charge in [-0.1, -0.05) is 0 Å². The maximum absolute atomic E-state index is 13.0. The van der Waals surface area contributed by atoms with Crippen LogP contribution in [0.5, 0.6) is 0 Å². The van der Waals surface area contributed by atoms with Gasteiger partial charge in [0.25, 0.3) is 0 Å². The SMILES string of the molecule is C[C@@H](CN)NS(=O)(=O)c1ccc(F)c(C(F)(F)F)c1. The van der Waals surface area contributed by atoms with E-state index in [1.165, 1.54) is 6.92 Å². The second-order valence-electron chi connectivity index (χ2n) is 3.90. The molecule has 1 aromatic rings. The average molecular weight is 300 g/mol. The first-order valence-electron chi connectivity index (χ1n) is 5.17. The van der Waals surface area contributed by atoms with Crippen molar-refractivity contribution in [2.45, 2.75) is 24.0 Å². The van der Waals surface area contributed by atoms with Crippen molar-refractivity contribution < 1.29 is 26.0 Å². The van der Waals surface area contributed by atoms with Crippen LogP contribution in [0.15, 0.2) is 23.1 Å². The fourth-order valence-electron chi connectivity index (χ4n) is 1.27. The molecule has 4 nitrogen and oxygen atoms in total. The lowest BCUT2D eigenvalue weighted by molar-refractivity contribution is -0.140. The van der Waals surface area contributed by atoms with E-state index in [4.69, 9.17) is 5.73 Å². The highest BCUT2D eigenvalue weighted by Crippen LogP contribution is 2.32. The van der Waals surface area contributed by atoms with Crippen molar-refractivity contribution in [3.8, 4) is 0 Å². The standard InChI is InChI=1S/C10H12F4N2O2S/c1-6(5-15)16-19(17,18)7-2-3-9(11)8(4-7)10(12,13)14/h2-4,6,16H,5,15H2,1H3/t6-/m0/s1. The number of hydrogen-bond acceptors (Lipinski definition) is 3. The number of sulfonamides is 1. The number of alkyl halides is 3. The predicted molar refractivity (Wildman–Crippen MR) is 60.2 cm³/mol. The first-order valence-corrected chi connectivity index (χ1v) is 6.65. The topological polar surface area (TPSA) is 72.2 Å². The van der Waals surface area contributed by atoms with Crippen molar-refractivity contribution in [2.75, 3.05) is 6.54 Å². The minimum atomic E-state index is -4.96. The van der Waals surface area contributed by atoms with Gasteiger partial charge in [-0.15, -0.1) is 0 Å². The Morgan fingerprint density at radius 2 is 1.95 bits per heavy atom. The second-order valence-corrected chi connectivity index (χ2v) is 5.61. The van der Waals surface area contributed by atoms with Gasteiger partial charge in [0.2, 0.25) is 10.0 Å². The Hall–Kier alpha value is -1.19. The first-order chi connectivity index (χ1) is 8.58. The lowest BCUT2D eigenvalue weighted by Gasteiger charge is -2.14. The zero-order valence-electron chi connectivity index (χ0n) is 9.83. The van der Waals surface area contributed by atoms with Gasteiger partial charge in [0.1, 0.15) is 5.82 Å². The summed E-state index contributed by atoms with van der Waals surface area (Å²) in [6, 6.07) is 0.825. The summed E-state index contributed by atoms with van der Waals surface area (Å²) in [6.45, 7) is 1.43. The van der Waals surface area contributed by atoms with E-state index in [0.717, 1.165) is 6.07 Å². The summed E-state index contributed by atoms with van der Waals surface area (Å²) in [5, 5.41) is 0. The Morgan fingerprint density at radius 1 is 1.37 bits per heavy atom. The van der Waals surface area contributed by atoms with Gasteiger partial charge in [-0.05, 0) is 25.1 Å². The Morgan fingerprint density at radius 3 is 2.42 bits per heavy atom. The first kappa shape index (κ1) is 15.9. The lowest BCUT2D eigenvalue weighted by atomic mass is 10.2. The molecule has 1 atom stereocenters. The second kappa shape index (κ2) is 5.43. The maximum Gasteiger partial charge on any atom is 0.419 e. The average Bonchev–Trinajstić information content (AvgIpc) is 2.26. The molecule has 3 N–H and O–H groups in total. The monoisotopic (exact) mass is 300 g/mol. The summed E-state index contributed by atoms with van der Waals surface area (Å²) < 4.78 is 76.0. The molecule has 0 amide bonds. The third-order valence-electron chi connectivity index (χ3n) is 2.26. The molecule has 0 aromatic heterocycles. The van der Waals surface area contributed by atoms with Crippen LogP contribution in [0, 0.1) is 5.82 Å². The van der Waals surface area contributed by atoms with Gasteiger partial charge in [-0.2, -0.15) is 13.2 Å².